The maximum absolute atomic E-state index is 14.4. The normalized spacial score (nSPS) is 10.3. The van der Waals surface area contributed by atoms with Crippen molar-refractivity contribution >= 4 is 5.69 Å². The van der Waals surface area contributed by atoms with Gasteiger partial charge in [-0.25, -0.2) is 18.4 Å². The maximum Gasteiger partial charge on any atom is 0.351 e. The predicted molar refractivity (Wildman–Crippen MR) is 99.6 cm³/mol. The number of methoxy groups -OCH3 is 1. The molecule has 7 nitrogen and oxygen atoms in total. The molecule has 0 fully saturated rings. The van der Waals surface area contributed by atoms with Crippen LogP contribution in [0.2, 0.25) is 0 Å². The molecule has 148 valence electrons. The van der Waals surface area contributed by atoms with Crippen molar-refractivity contribution in [3.8, 4) is 23.3 Å². The minimum atomic E-state index is -0.920. The third-order valence-corrected chi connectivity index (χ3v) is 3.87. The van der Waals surface area contributed by atoms with E-state index in [0.29, 0.717) is 11.3 Å². The summed E-state index contributed by atoms with van der Waals surface area (Å²) < 4.78 is 44.3. The standard InChI is InChI=1S/C20H15F2N3O4/c1-11-6-13(4-5-16(11)23-2)29-19-14(21)7-12(8-15(19)22)10-28-18-9-17(27-3)24-20(26)25-18/h4-9H,10H2,1,3H3,(H,24,25,26). The summed E-state index contributed by atoms with van der Waals surface area (Å²) in [4.78, 5) is 20.6. The Hall–Kier alpha value is -3.93. The van der Waals surface area contributed by atoms with E-state index in [1.165, 1.54) is 31.4 Å². The summed E-state index contributed by atoms with van der Waals surface area (Å²) in [5.41, 5.74) is 0.560. The average Bonchev–Trinajstić information content (AvgIpc) is 2.69. The van der Waals surface area contributed by atoms with Crippen LogP contribution < -0.4 is 19.9 Å². The molecule has 0 aliphatic carbocycles. The lowest BCUT2D eigenvalue weighted by molar-refractivity contribution is 0.286. The van der Waals surface area contributed by atoms with Crippen LogP contribution in [0, 0.1) is 25.1 Å². The van der Waals surface area contributed by atoms with Gasteiger partial charge in [-0.2, -0.15) is 4.98 Å². The van der Waals surface area contributed by atoms with Gasteiger partial charge in [0.25, 0.3) is 0 Å². The molecule has 0 amide bonds. The van der Waals surface area contributed by atoms with Gasteiger partial charge in [-0.05, 0) is 42.3 Å². The first-order valence-corrected chi connectivity index (χ1v) is 8.31. The molecule has 0 saturated heterocycles. The first-order chi connectivity index (χ1) is 13.9. The van der Waals surface area contributed by atoms with Crippen molar-refractivity contribution in [2.45, 2.75) is 13.5 Å². The maximum atomic E-state index is 14.4. The minimum absolute atomic E-state index is 0.0402. The topological polar surface area (TPSA) is 77.8 Å². The van der Waals surface area contributed by atoms with E-state index in [1.807, 2.05) is 0 Å². The number of benzene rings is 2. The van der Waals surface area contributed by atoms with Gasteiger partial charge >= 0.3 is 5.69 Å². The van der Waals surface area contributed by atoms with E-state index in [9.17, 15) is 13.6 Å². The Morgan fingerprint density at radius 3 is 2.52 bits per heavy atom. The summed E-state index contributed by atoms with van der Waals surface area (Å²) in [6, 6.07) is 7.96. The molecule has 0 bridgehead atoms. The summed E-state index contributed by atoms with van der Waals surface area (Å²) in [6.45, 7) is 8.51. The Kier molecular flexibility index (Phi) is 5.74. The van der Waals surface area contributed by atoms with Crippen molar-refractivity contribution in [2.75, 3.05) is 7.11 Å². The fourth-order valence-electron chi connectivity index (χ4n) is 2.49. The number of aromatic amines is 1. The smallest absolute Gasteiger partial charge is 0.351 e. The number of aryl methyl sites for hydroxylation is 1. The second-order valence-electron chi connectivity index (χ2n) is 5.93. The SMILES string of the molecule is [C-]#[N+]c1ccc(Oc2c(F)cc(COc3cc(OC)nc(=O)[nH]3)cc2F)cc1C. The molecular weight excluding hydrogens is 384 g/mol. The van der Waals surface area contributed by atoms with Crippen LogP contribution in [0.5, 0.6) is 23.3 Å². The van der Waals surface area contributed by atoms with Gasteiger partial charge in [0.05, 0.1) is 19.7 Å². The highest BCUT2D eigenvalue weighted by atomic mass is 19.1. The molecule has 0 saturated carbocycles. The number of nitrogens with one attached hydrogen (secondary N) is 1. The van der Waals surface area contributed by atoms with Crippen molar-refractivity contribution in [3.05, 3.63) is 81.1 Å². The fourth-order valence-corrected chi connectivity index (χ4v) is 2.49. The van der Waals surface area contributed by atoms with Gasteiger partial charge in [0, 0.05) is 0 Å². The Balaban J connectivity index is 1.77. The summed E-state index contributed by atoms with van der Waals surface area (Å²) in [6.07, 6.45) is 0. The number of nitrogens with zero attached hydrogens (tertiary/aromatic N) is 2. The van der Waals surface area contributed by atoms with Crippen molar-refractivity contribution < 1.29 is 23.0 Å². The van der Waals surface area contributed by atoms with E-state index in [-0.39, 0.29) is 29.7 Å². The van der Waals surface area contributed by atoms with E-state index in [4.69, 9.17) is 20.8 Å². The number of hydrogen-bond acceptors (Lipinski definition) is 5. The van der Waals surface area contributed by atoms with Gasteiger partial charge in [-0.3, -0.25) is 4.98 Å². The number of H-pyrrole nitrogens is 1. The van der Waals surface area contributed by atoms with Gasteiger partial charge < -0.3 is 14.2 Å². The third kappa shape index (κ3) is 4.68. The van der Waals surface area contributed by atoms with Gasteiger partial charge in [-0.15, -0.1) is 0 Å². The molecule has 0 unspecified atom stereocenters. The fraction of sp³-hybridized carbons (Fsp3) is 0.150. The number of ether oxygens (including phenoxy) is 3. The van der Waals surface area contributed by atoms with Crippen LogP contribution in [0.4, 0.5) is 14.5 Å². The van der Waals surface area contributed by atoms with Gasteiger partial charge in [0.1, 0.15) is 12.4 Å². The molecule has 29 heavy (non-hydrogen) atoms. The van der Waals surface area contributed by atoms with Crippen molar-refractivity contribution in [2.24, 2.45) is 0 Å². The summed E-state index contributed by atoms with van der Waals surface area (Å²) in [5.74, 6) is -2.11. The summed E-state index contributed by atoms with van der Waals surface area (Å²) in [5, 5.41) is 0. The molecule has 1 N–H and O–H groups in total. The molecule has 0 atom stereocenters. The molecule has 0 radical (unpaired) electrons. The number of halogens is 2. The third-order valence-electron chi connectivity index (χ3n) is 3.87. The van der Waals surface area contributed by atoms with Gasteiger partial charge in [0.15, 0.2) is 23.1 Å². The number of aromatic nitrogens is 2. The zero-order chi connectivity index (χ0) is 21.0. The molecule has 0 aliphatic rings. The lowest BCUT2D eigenvalue weighted by Crippen LogP contribution is -2.12. The Morgan fingerprint density at radius 1 is 1.17 bits per heavy atom. The molecule has 0 spiro atoms. The van der Waals surface area contributed by atoms with Gasteiger partial charge in [-0.1, -0.05) is 6.07 Å². The van der Waals surface area contributed by atoms with Crippen LogP contribution in [0.1, 0.15) is 11.1 Å². The van der Waals surface area contributed by atoms with Crippen LogP contribution >= 0.6 is 0 Å². The first kappa shape index (κ1) is 19.8. The lowest BCUT2D eigenvalue weighted by atomic mass is 10.2. The van der Waals surface area contributed by atoms with Crippen LogP contribution in [0.3, 0.4) is 0 Å². The van der Waals surface area contributed by atoms with Crippen molar-refractivity contribution in [3.63, 3.8) is 0 Å². The Bertz CT molecular complexity index is 1130. The second kappa shape index (κ2) is 8.39. The van der Waals surface area contributed by atoms with Crippen molar-refractivity contribution in [1.82, 2.24) is 9.97 Å². The van der Waals surface area contributed by atoms with Crippen LogP contribution in [-0.4, -0.2) is 17.1 Å². The number of hydrogen-bond donors (Lipinski definition) is 1. The van der Waals surface area contributed by atoms with Crippen LogP contribution in [-0.2, 0) is 6.61 Å². The molecular formula is C20H15F2N3O4. The molecule has 1 aromatic heterocycles. The number of rotatable bonds is 6. The molecule has 3 rings (SSSR count). The monoisotopic (exact) mass is 399 g/mol. The first-order valence-electron chi connectivity index (χ1n) is 8.31. The molecule has 3 aromatic rings. The second-order valence-corrected chi connectivity index (χ2v) is 5.93. The largest absolute Gasteiger partial charge is 0.481 e. The Labute approximate surface area is 164 Å². The zero-order valence-corrected chi connectivity index (χ0v) is 15.5. The molecule has 2 aromatic carbocycles. The minimum Gasteiger partial charge on any atom is -0.481 e. The highest BCUT2D eigenvalue weighted by Gasteiger charge is 2.15. The Morgan fingerprint density at radius 2 is 1.90 bits per heavy atom. The van der Waals surface area contributed by atoms with Crippen LogP contribution in [0.15, 0.2) is 41.2 Å². The van der Waals surface area contributed by atoms with E-state index >= 15 is 0 Å². The molecule has 9 heteroatoms. The molecule has 0 aliphatic heterocycles. The van der Waals surface area contributed by atoms with E-state index in [1.54, 1.807) is 6.92 Å². The molecule has 1 heterocycles. The van der Waals surface area contributed by atoms with E-state index in [0.717, 1.165) is 12.1 Å². The zero-order valence-electron chi connectivity index (χ0n) is 15.5. The van der Waals surface area contributed by atoms with E-state index in [2.05, 4.69) is 14.8 Å². The highest BCUT2D eigenvalue weighted by Crippen LogP contribution is 2.31. The van der Waals surface area contributed by atoms with Crippen molar-refractivity contribution in [1.29, 1.82) is 0 Å². The lowest BCUT2D eigenvalue weighted by Gasteiger charge is -2.11. The quantitative estimate of drug-likeness (QED) is 0.626. The van der Waals surface area contributed by atoms with E-state index < -0.39 is 23.1 Å². The van der Waals surface area contributed by atoms with Gasteiger partial charge in [0.2, 0.25) is 11.8 Å². The summed E-state index contributed by atoms with van der Waals surface area (Å²) >= 11 is 0. The summed E-state index contributed by atoms with van der Waals surface area (Å²) in [7, 11) is 1.34. The highest BCUT2D eigenvalue weighted by molar-refractivity contribution is 5.55. The predicted octanol–water partition coefficient (Wildman–Crippen LogP) is 4.29. The van der Waals surface area contributed by atoms with Crippen LogP contribution in [0.25, 0.3) is 4.85 Å². The average molecular weight is 399 g/mol.